The molecule has 5 rings (SSSR count). The minimum atomic E-state index is -0.685. The molecule has 4 amide bonds. The van der Waals surface area contributed by atoms with E-state index in [1.54, 1.807) is 11.8 Å². The number of anilines is 1. The summed E-state index contributed by atoms with van der Waals surface area (Å²) in [6.07, 6.45) is 0.758. The lowest BCUT2D eigenvalue weighted by atomic mass is 9.97. The van der Waals surface area contributed by atoms with Gasteiger partial charge in [0.25, 0.3) is 0 Å². The highest BCUT2D eigenvalue weighted by molar-refractivity contribution is 6.03. The van der Waals surface area contributed by atoms with Crippen LogP contribution in [0.5, 0.6) is 0 Å². The summed E-state index contributed by atoms with van der Waals surface area (Å²) in [4.78, 5) is 40.6. The maximum absolute atomic E-state index is 14.2. The lowest BCUT2D eigenvalue weighted by molar-refractivity contribution is -0.128. The number of fused-ring (bicyclic) bond motifs is 3. The molecule has 2 atom stereocenters. The number of β-amino-alcohol motifs (C(OH)–C–C–N with tert-alkyl or cyclic N) is 1. The van der Waals surface area contributed by atoms with E-state index >= 15 is 0 Å². The monoisotopic (exact) mass is 621 g/mol. The number of nitrogens with zero attached hydrogens (tertiary/aromatic N) is 1. The molecule has 1 aliphatic rings. The van der Waals surface area contributed by atoms with E-state index in [9.17, 15) is 19.5 Å². The molecule has 240 valence electrons. The number of carbonyl (C=O) groups excluding carboxylic acids is 3. The second-order valence-corrected chi connectivity index (χ2v) is 12.7. The first-order chi connectivity index (χ1) is 22.0. The second-order valence-electron chi connectivity index (χ2n) is 12.7. The Labute approximate surface area is 270 Å². The maximum Gasteiger partial charge on any atom is 0.312 e. The van der Waals surface area contributed by atoms with Crippen molar-refractivity contribution < 1.29 is 19.5 Å². The normalized spacial score (nSPS) is 15.6. The lowest BCUT2D eigenvalue weighted by Crippen LogP contribution is -2.51. The van der Waals surface area contributed by atoms with Gasteiger partial charge in [-0.3, -0.25) is 9.59 Å². The number of hydrogen-bond donors (Lipinski definition) is 5. The molecule has 0 aromatic heterocycles. The van der Waals surface area contributed by atoms with Crippen LogP contribution < -0.4 is 26.6 Å². The number of primary amides is 1. The molecule has 0 fully saturated rings. The predicted molar refractivity (Wildman–Crippen MR) is 182 cm³/mol. The molecule has 0 unspecified atom stereocenters. The number of carbonyl (C=O) groups is 3. The third kappa shape index (κ3) is 7.91. The first kappa shape index (κ1) is 32.7. The van der Waals surface area contributed by atoms with Gasteiger partial charge in [0.05, 0.1) is 12.6 Å². The van der Waals surface area contributed by atoms with Crippen LogP contribution >= 0.6 is 0 Å². The molecule has 0 spiro atoms. The quantitative estimate of drug-likeness (QED) is 0.164. The summed E-state index contributed by atoms with van der Waals surface area (Å²) in [6, 6.07) is 26.9. The van der Waals surface area contributed by atoms with Gasteiger partial charge in [-0.1, -0.05) is 78.9 Å². The number of aliphatic hydroxyl groups is 1. The van der Waals surface area contributed by atoms with Crippen LogP contribution in [-0.2, 0) is 29.1 Å². The Morgan fingerprint density at radius 2 is 1.72 bits per heavy atom. The number of aryl methyl sites for hydroxylation is 1. The summed E-state index contributed by atoms with van der Waals surface area (Å²) in [6.45, 7) is 6.54. The highest BCUT2D eigenvalue weighted by atomic mass is 16.3. The van der Waals surface area contributed by atoms with Gasteiger partial charge in [-0.25, -0.2) is 4.79 Å². The number of benzene rings is 4. The van der Waals surface area contributed by atoms with Gasteiger partial charge in [0.15, 0.2) is 0 Å². The van der Waals surface area contributed by atoms with E-state index in [1.165, 1.54) is 0 Å². The smallest absolute Gasteiger partial charge is 0.312 e. The maximum atomic E-state index is 14.2. The number of rotatable bonds is 11. The summed E-state index contributed by atoms with van der Waals surface area (Å²) in [5, 5.41) is 20.8. The molecule has 4 aromatic carbocycles. The fraction of sp³-hybridized carbons (Fsp3) is 0.324. The lowest BCUT2D eigenvalue weighted by Gasteiger charge is -2.29. The van der Waals surface area contributed by atoms with Crippen LogP contribution in [0.25, 0.3) is 21.9 Å². The molecule has 0 saturated carbocycles. The molecular weight excluding hydrogens is 578 g/mol. The van der Waals surface area contributed by atoms with Crippen molar-refractivity contribution in [3.63, 3.8) is 0 Å². The number of urea groups is 1. The Bertz CT molecular complexity index is 1720. The fourth-order valence-electron chi connectivity index (χ4n) is 6.10. The van der Waals surface area contributed by atoms with E-state index in [4.69, 9.17) is 5.73 Å². The van der Waals surface area contributed by atoms with Gasteiger partial charge in [0.1, 0.15) is 6.04 Å². The van der Waals surface area contributed by atoms with Crippen LogP contribution in [0.4, 0.5) is 10.5 Å². The number of nitrogens with two attached hydrogens (primary N) is 1. The molecule has 4 aromatic rings. The van der Waals surface area contributed by atoms with E-state index in [-0.39, 0.29) is 18.2 Å². The van der Waals surface area contributed by atoms with Crippen LogP contribution in [-0.4, -0.2) is 47.2 Å². The van der Waals surface area contributed by atoms with E-state index in [0.717, 1.165) is 44.3 Å². The molecule has 0 bridgehead atoms. The molecular formula is C37H43N5O4. The van der Waals surface area contributed by atoms with Gasteiger partial charge < -0.3 is 31.7 Å². The standard InChI is InChI=1S/C37H43N5O4/c1-24(43)21-40-37(2,3)20-34(44)41-32-18-17-31-30-11-7-4-8-26(30)16-19-33(31)42(35(32)45)23-25-12-14-27(15-13-25)29-10-6-5-9-28(29)22-39-36(38)46/h4-16,19,24,32,40,43H,17-18,20-23H2,1-3H3,(H,41,44)(H3,38,39,46)/t24-,32-/m1/s1. The highest BCUT2D eigenvalue weighted by Gasteiger charge is 2.33. The molecule has 46 heavy (non-hydrogen) atoms. The molecule has 1 heterocycles. The Morgan fingerprint density at radius 3 is 2.46 bits per heavy atom. The zero-order valence-corrected chi connectivity index (χ0v) is 26.7. The summed E-state index contributed by atoms with van der Waals surface area (Å²) in [5.41, 5.74) is 10.5. The highest BCUT2D eigenvalue weighted by Crippen LogP contribution is 2.35. The number of amides is 4. The van der Waals surface area contributed by atoms with Crippen molar-refractivity contribution in [2.45, 2.75) is 70.8 Å². The number of nitrogens with one attached hydrogen (secondary N) is 3. The Hall–Kier alpha value is -4.73. The molecule has 9 heteroatoms. The third-order valence-corrected chi connectivity index (χ3v) is 8.44. The first-order valence-electron chi connectivity index (χ1n) is 15.8. The van der Waals surface area contributed by atoms with Crippen LogP contribution in [0.1, 0.15) is 50.3 Å². The molecule has 6 N–H and O–H groups in total. The van der Waals surface area contributed by atoms with Crippen molar-refractivity contribution in [3.8, 4) is 11.1 Å². The van der Waals surface area contributed by atoms with Gasteiger partial charge in [0, 0.05) is 30.7 Å². The Balaban J connectivity index is 1.41. The fourth-order valence-corrected chi connectivity index (χ4v) is 6.10. The van der Waals surface area contributed by atoms with Gasteiger partial charge in [0.2, 0.25) is 11.8 Å². The van der Waals surface area contributed by atoms with Crippen molar-refractivity contribution in [3.05, 3.63) is 102 Å². The van der Waals surface area contributed by atoms with Crippen LogP contribution in [0.2, 0.25) is 0 Å². The average Bonchev–Trinajstić information content (AvgIpc) is 3.15. The molecule has 0 aliphatic carbocycles. The van der Waals surface area contributed by atoms with Crippen LogP contribution in [0.15, 0.2) is 84.9 Å². The number of aliphatic hydroxyl groups excluding tert-OH is 1. The van der Waals surface area contributed by atoms with Crippen LogP contribution in [0.3, 0.4) is 0 Å². The van der Waals surface area contributed by atoms with Crippen molar-refractivity contribution in [2.75, 3.05) is 11.4 Å². The summed E-state index contributed by atoms with van der Waals surface area (Å²) in [5.74, 6) is -0.366. The van der Waals surface area contributed by atoms with E-state index in [0.29, 0.717) is 32.5 Å². The summed E-state index contributed by atoms with van der Waals surface area (Å²) >= 11 is 0. The zero-order valence-electron chi connectivity index (χ0n) is 26.7. The first-order valence-corrected chi connectivity index (χ1v) is 15.8. The molecule has 9 nitrogen and oxygen atoms in total. The van der Waals surface area contributed by atoms with Crippen molar-refractivity contribution >= 4 is 34.3 Å². The Kier molecular flexibility index (Phi) is 10.0. The van der Waals surface area contributed by atoms with E-state index in [2.05, 4.69) is 28.1 Å². The minimum absolute atomic E-state index is 0.149. The van der Waals surface area contributed by atoms with Gasteiger partial charge in [-0.15, -0.1) is 0 Å². The second kappa shape index (κ2) is 14.1. The Morgan fingerprint density at radius 1 is 1.00 bits per heavy atom. The van der Waals surface area contributed by atoms with Gasteiger partial charge in [-0.2, -0.15) is 0 Å². The van der Waals surface area contributed by atoms with Crippen molar-refractivity contribution in [1.82, 2.24) is 16.0 Å². The van der Waals surface area contributed by atoms with Crippen molar-refractivity contribution in [1.29, 1.82) is 0 Å². The minimum Gasteiger partial charge on any atom is -0.392 e. The van der Waals surface area contributed by atoms with Gasteiger partial charge >= 0.3 is 6.03 Å². The van der Waals surface area contributed by atoms with Crippen LogP contribution in [0, 0.1) is 0 Å². The number of hydrogen-bond acceptors (Lipinski definition) is 5. The summed E-state index contributed by atoms with van der Waals surface area (Å²) in [7, 11) is 0. The van der Waals surface area contributed by atoms with Gasteiger partial charge in [-0.05, 0) is 78.3 Å². The molecule has 1 aliphatic heterocycles. The summed E-state index contributed by atoms with van der Waals surface area (Å²) < 4.78 is 0. The van der Waals surface area contributed by atoms with E-state index < -0.39 is 23.7 Å². The van der Waals surface area contributed by atoms with E-state index in [1.807, 2.05) is 86.6 Å². The topological polar surface area (TPSA) is 137 Å². The molecule has 0 radical (unpaired) electrons. The third-order valence-electron chi connectivity index (χ3n) is 8.44. The largest absolute Gasteiger partial charge is 0.392 e. The predicted octanol–water partition coefficient (Wildman–Crippen LogP) is 4.78. The van der Waals surface area contributed by atoms with Crippen molar-refractivity contribution in [2.24, 2.45) is 5.73 Å². The zero-order chi connectivity index (χ0) is 32.8. The average molecular weight is 622 g/mol. The molecule has 0 saturated heterocycles. The SMILES string of the molecule is C[C@@H](O)CNC(C)(C)CC(=O)N[C@@H]1CCc2c(ccc3ccccc23)N(Cc2ccc(-c3ccccc3CNC(N)=O)cc2)C1=O.